The molecule has 0 aliphatic heterocycles. The Hall–Kier alpha value is -1.10. The van der Waals surface area contributed by atoms with Gasteiger partial charge >= 0.3 is 11.9 Å². The number of esters is 1. The molecule has 0 heterocycles. The zero-order valence-electron chi connectivity index (χ0n) is 7.87. The number of hydrogen-bond donors (Lipinski definition) is 2. The van der Waals surface area contributed by atoms with Crippen LogP contribution in [0.4, 0.5) is 0 Å². The van der Waals surface area contributed by atoms with E-state index in [0.717, 1.165) is 13.3 Å². The van der Waals surface area contributed by atoms with Crippen molar-refractivity contribution in [1.82, 2.24) is 0 Å². The van der Waals surface area contributed by atoms with E-state index in [1.165, 1.54) is 0 Å². The Morgan fingerprint density at radius 1 is 1.54 bits per heavy atom. The maximum atomic E-state index is 11.1. The van der Waals surface area contributed by atoms with Crippen LogP contribution in [0.15, 0.2) is 0 Å². The Labute approximate surface area is 76.9 Å². The first-order valence-corrected chi connectivity index (χ1v) is 4.12. The van der Waals surface area contributed by atoms with Gasteiger partial charge in [0, 0.05) is 0 Å². The third-order valence-corrected chi connectivity index (χ3v) is 1.60. The minimum Gasteiger partial charge on any atom is -0.479 e. The van der Waals surface area contributed by atoms with Crippen molar-refractivity contribution in [2.45, 2.75) is 32.2 Å². The van der Waals surface area contributed by atoms with E-state index in [9.17, 15) is 9.59 Å². The van der Waals surface area contributed by atoms with Gasteiger partial charge < -0.3 is 15.6 Å². The fraction of sp³-hybridized carbons (Fsp3) is 0.750. The molecule has 0 aromatic carbocycles. The molecule has 0 fully saturated rings. The van der Waals surface area contributed by atoms with Gasteiger partial charge in [0.05, 0.1) is 6.61 Å². The summed E-state index contributed by atoms with van der Waals surface area (Å²) >= 11 is 0. The second-order valence-electron chi connectivity index (χ2n) is 3.00. The molecule has 0 aliphatic carbocycles. The number of hydrogen-bond acceptors (Lipinski definition) is 4. The predicted octanol–water partition coefficient (Wildman–Crippen LogP) is 0.132. The Morgan fingerprint density at radius 3 is 2.46 bits per heavy atom. The van der Waals surface area contributed by atoms with Gasteiger partial charge in [-0.05, 0) is 13.3 Å². The van der Waals surface area contributed by atoms with Gasteiger partial charge in [-0.25, -0.2) is 9.59 Å². The molecule has 1 atom stereocenters. The van der Waals surface area contributed by atoms with E-state index in [4.69, 9.17) is 10.8 Å². The van der Waals surface area contributed by atoms with Gasteiger partial charge in [0.25, 0.3) is 0 Å². The summed E-state index contributed by atoms with van der Waals surface area (Å²) in [4.78, 5) is 21.5. The zero-order valence-corrected chi connectivity index (χ0v) is 7.87. The van der Waals surface area contributed by atoms with Crippen LogP contribution in [0.1, 0.15) is 26.7 Å². The number of aliphatic carboxylic acids is 1. The van der Waals surface area contributed by atoms with Crippen molar-refractivity contribution >= 4 is 11.9 Å². The van der Waals surface area contributed by atoms with Crippen LogP contribution in [0.3, 0.4) is 0 Å². The molecular weight excluding hydrogens is 174 g/mol. The van der Waals surface area contributed by atoms with Crippen molar-refractivity contribution in [2.75, 3.05) is 6.61 Å². The SMILES string of the molecule is CCCCOC(=O)[C@](C)(N)C(=O)O. The normalized spacial score (nSPS) is 14.7. The Morgan fingerprint density at radius 2 is 2.08 bits per heavy atom. The van der Waals surface area contributed by atoms with E-state index in [1.54, 1.807) is 0 Å². The first kappa shape index (κ1) is 11.9. The maximum Gasteiger partial charge on any atom is 0.337 e. The number of carbonyl (C=O) groups excluding carboxylic acids is 1. The second-order valence-corrected chi connectivity index (χ2v) is 3.00. The summed E-state index contributed by atoms with van der Waals surface area (Å²) < 4.78 is 4.66. The number of ether oxygens (including phenoxy) is 1. The van der Waals surface area contributed by atoms with Gasteiger partial charge in [0.1, 0.15) is 0 Å². The van der Waals surface area contributed by atoms with Crippen LogP contribution in [0.25, 0.3) is 0 Å². The number of carboxylic acids is 1. The standard InChI is InChI=1S/C8H15NO4/c1-3-4-5-13-7(12)8(2,9)6(10)11/h3-5,9H2,1-2H3,(H,10,11)/t8-/m1/s1. The van der Waals surface area contributed by atoms with E-state index in [0.29, 0.717) is 6.42 Å². The summed E-state index contributed by atoms with van der Waals surface area (Å²) in [5.74, 6) is -2.28. The van der Waals surface area contributed by atoms with Crippen molar-refractivity contribution in [1.29, 1.82) is 0 Å². The Bertz CT molecular complexity index is 200. The Kier molecular flexibility index (Phi) is 4.40. The summed E-state index contributed by atoms with van der Waals surface area (Å²) in [5.41, 5.74) is 3.27. The third-order valence-electron chi connectivity index (χ3n) is 1.60. The molecule has 76 valence electrons. The summed E-state index contributed by atoms with van der Waals surface area (Å²) in [6, 6.07) is 0. The molecule has 0 bridgehead atoms. The molecule has 0 saturated heterocycles. The molecular formula is C8H15NO4. The van der Waals surface area contributed by atoms with Crippen molar-refractivity contribution in [3.8, 4) is 0 Å². The van der Waals surface area contributed by atoms with Crippen LogP contribution >= 0.6 is 0 Å². The summed E-state index contributed by atoms with van der Waals surface area (Å²) in [7, 11) is 0. The maximum absolute atomic E-state index is 11.1. The average molecular weight is 189 g/mol. The lowest BCUT2D eigenvalue weighted by molar-refractivity contribution is -0.160. The molecule has 0 spiro atoms. The molecule has 0 unspecified atom stereocenters. The van der Waals surface area contributed by atoms with E-state index in [1.807, 2.05) is 6.92 Å². The topological polar surface area (TPSA) is 89.6 Å². The van der Waals surface area contributed by atoms with Gasteiger partial charge in [-0.3, -0.25) is 0 Å². The number of carboxylic acid groups (broad SMARTS) is 1. The second kappa shape index (κ2) is 4.81. The lowest BCUT2D eigenvalue weighted by Gasteiger charge is -2.16. The molecule has 0 aliphatic rings. The molecule has 5 nitrogen and oxygen atoms in total. The molecule has 0 rings (SSSR count). The van der Waals surface area contributed by atoms with Crippen LogP contribution in [-0.4, -0.2) is 29.2 Å². The monoisotopic (exact) mass is 189 g/mol. The molecule has 0 saturated carbocycles. The van der Waals surface area contributed by atoms with Gasteiger partial charge in [-0.2, -0.15) is 0 Å². The average Bonchev–Trinajstić information content (AvgIpc) is 2.04. The molecule has 0 aromatic rings. The number of unbranched alkanes of at least 4 members (excludes halogenated alkanes) is 1. The molecule has 13 heavy (non-hydrogen) atoms. The van der Waals surface area contributed by atoms with Crippen molar-refractivity contribution in [3.63, 3.8) is 0 Å². The molecule has 0 amide bonds. The summed E-state index contributed by atoms with van der Waals surface area (Å²) in [5, 5.41) is 8.54. The quantitative estimate of drug-likeness (QED) is 0.364. The lowest BCUT2D eigenvalue weighted by atomic mass is 10.1. The molecule has 0 radical (unpaired) electrons. The first-order valence-electron chi connectivity index (χ1n) is 4.12. The summed E-state index contributed by atoms with van der Waals surface area (Å²) in [6.07, 6.45) is 1.59. The number of carbonyl (C=O) groups is 2. The highest BCUT2D eigenvalue weighted by Crippen LogP contribution is 2.03. The fourth-order valence-corrected chi connectivity index (χ4v) is 0.546. The van der Waals surface area contributed by atoms with E-state index in [2.05, 4.69) is 4.74 Å². The molecule has 5 heteroatoms. The van der Waals surface area contributed by atoms with Crippen molar-refractivity contribution < 1.29 is 19.4 Å². The number of rotatable bonds is 5. The van der Waals surface area contributed by atoms with Gasteiger partial charge in [0.2, 0.25) is 5.54 Å². The highest BCUT2D eigenvalue weighted by atomic mass is 16.5. The van der Waals surface area contributed by atoms with Crippen LogP contribution in [0, 0.1) is 0 Å². The zero-order chi connectivity index (χ0) is 10.5. The lowest BCUT2D eigenvalue weighted by Crippen LogP contribution is -2.53. The van der Waals surface area contributed by atoms with Crippen LogP contribution in [0.5, 0.6) is 0 Å². The van der Waals surface area contributed by atoms with Gasteiger partial charge in [-0.15, -0.1) is 0 Å². The van der Waals surface area contributed by atoms with Gasteiger partial charge in [-0.1, -0.05) is 13.3 Å². The molecule has 0 aromatic heterocycles. The van der Waals surface area contributed by atoms with Crippen molar-refractivity contribution in [3.05, 3.63) is 0 Å². The van der Waals surface area contributed by atoms with Crippen LogP contribution in [-0.2, 0) is 14.3 Å². The minimum atomic E-state index is -1.94. The van der Waals surface area contributed by atoms with E-state index in [-0.39, 0.29) is 6.61 Å². The highest BCUT2D eigenvalue weighted by molar-refractivity contribution is 6.03. The first-order chi connectivity index (χ1) is 5.92. The van der Waals surface area contributed by atoms with Crippen LogP contribution < -0.4 is 5.73 Å². The van der Waals surface area contributed by atoms with Gasteiger partial charge in [0.15, 0.2) is 0 Å². The number of nitrogens with two attached hydrogens (primary N) is 1. The summed E-state index contributed by atoms with van der Waals surface area (Å²) in [6.45, 7) is 3.27. The molecule has 3 N–H and O–H groups in total. The third kappa shape index (κ3) is 3.42. The Balaban J connectivity index is 4.03. The van der Waals surface area contributed by atoms with Crippen LogP contribution in [0.2, 0.25) is 0 Å². The van der Waals surface area contributed by atoms with E-state index < -0.39 is 17.5 Å². The minimum absolute atomic E-state index is 0.218. The fourth-order valence-electron chi connectivity index (χ4n) is 0.546. The highest BCUT2D eigenvalue weighted by Gasteiger charge is 2.38. The van der Waals surface area contributed by atoms with E-state index >= 15 is 0 Å². The largest absolute Gasteiger partial charge is 0.479 e. The smallest absolute Gasteiger partial charge is 0.337 e. The van der Waals surface area contributed by atoms with Crippen molar-refractivity contribution in [2.24, 2.45) is 5.73 Å². The predicted molar refractivity (Wildman–Crippen MR) is 46.1 cm³/mol.